The second kappa shape index (κ2) is 5.03. The Labute approximate surface area is 102 Å². The summed E-state index contributed by atoms with van der Waals surface area (Å²) in [7, 11) is 0. The molecule has 2 rings (SSSR count). The third-order valence-electron chi connectivity index (χ3n) is 3.30. The fourth-order valence-electron chi connectivity index (χ4n) is 2.31. The van der Waals surface area contributed by atoms with E-state index in [1.54, 1.807) is 0 Å². The van der Waals surface area contributed by atoms with Crippen molar-refractivity contribution in [2.45, 2.75) is 26.2 Å². The average Bonchev–Trinajstić information content (AvgIpc) is 2.30. The van der Waals surface area contributed by atoms with Crippen LogP contribution in [0.1, 0.15) is 31.7 Å². The first-order chi connectivity index (χ1) is 7.70. The maximum absolute atomic E-state index is 9.38. The second-order valence-electron chi connectivity index (χ2n) is 4.60. The number of rotatable bonds is 2. The standard InChI is InChI=1S/C14H17ClO/c1-10-2-3-12(9-16)14(8-10)11-4-6-13(15)7-5-11/h4-7,10,16H,2-3,8-9H2,1H3. The molecule has 0 bridgehead atoms. The Kier molecular flexibility index (Phi) is 3.67. The molecule has 1 unspecified atom stereocenters. The summed E-state index contributed by atoms with van der Waals surface area (Å²) < 4.78 is 0. The average molecular weight is 237 g/mol. The molecular formula is C14H17ClO. The third kappa shape index (κ3) is 2.47. The number of hydrogen-bond donors (Lipinski definition) is 1. The Morgan fingerprint density at radius 3 is 2.62 bits per heavy atom. The van der Waals surface area contributed by atoms with Crippen LogP contribution >= 0.6 is 11.6 Å². The number of aliphatic hydroxyl groups excluding tert-OH is 1. The zero-order chi connectivity index (χ0) is 11.5. The Hall–Kier alpha value is -0.790. The van der Waals surface area contributed by atoms with Gasteiger partial charge in [0.2, 0.25) is 0 Å². The van der Waals surface area contributed by atoms with Gasteiger partial charge in [-0.2, -0.15) is 0 Å². The Morgan fingerprint density at radius 1 is 1.31 bits per heavy atom. The first-order valence-corrected chi connectivity index (χ1v) is 6.16. The predicted molar refractivity (Wildman–Crippen MR) is 68.5 cm³/mol. The first kappa shape index (κ1) is 11.7. The summed E-state index contributed by atoms with van der Waals surface area (Å²) in [6, 6.07) is 7.92. The highest BCUT2D eigenvalue weighted by Crippen LogP contribution is 2.35. The summed E-state index contributed by atoms with van der Waals surface area (Å²) in [4.78, 5) is 0. The van der Waals surface area contributed by atoms with Crippen LogP contribution in [0.2, 0.25) is 5.02 Å². The summed E-state index contributed by atoms with van der Waals surface area (Å²) in [6.45, 7) is 2.45. The summed E-state index contributed by atoms with van der Waals surface area (Å²) in [5.74, 6) is 0.709. The molecule has 1 nitrogen and oxygen atoms in total. The van der Waals surface area contributed by atoms with Crippen LogP contribution in [0.15, 0.2) is 29.8 Å². The molecule has 0 aromatic heterocycles. The fourth-order valence-corrected chi connectivity index (χ4v) is 2.44. The van der Waals surface area contributed by atoms with Gasteiger partial charge in [0.1, 0.15) is 0 Å². The maximum Gasteiger partial charge on any atom is 0.0647 e. The van der Waals surface area contributed by atoms with Gasteiger partial charge in [0.05, 0.1) is 6.61 Å². The van der Waals surface area contributed by atoms with E-state index in [-0.39, 0.29) is 6.61 Å². The quantitative estimate of drug-likeness (QED) is 0.826. The molecule has 1 aliphatic rings. The van der Waals surface area contributed by atoms with Crippen LogP contribution in [-0.4, -0.2) is 11.7 Å². The van der Waals surface area contributed by atoms with Gasteiger partial charge in [-0.15, -0.1) is 0 Å². The van der Waals surface area contributed by atoms with Gasteiger partial charge in [-0.05, 0) is 54.0 Å². The van der Waals surface area contributed by atoms with Crippen LogP contribution in [0.4, 0.5) is 0 Å². The largest absolute Gasteiger partial charge is 0.392 e. The van der Waals surface area contributed by atoms with E-state index in [0.717, 1.165) is 17.9 Å². The van der Waals surface area contributed by atoms with Gasteiger partial charge in [-0.1, -0.05) is 30.7 Å². The van der Waals surface area contributed by atoms with Crippen molar-refractivity contribution in [2.75, 3.05) is 6.61 Å². The van der Waals surface area contributed by atoms with Gasteiger partial charge in [-0.3, -0.25) is 0 Å². The first-order valence-electron chi connectivity index (χ1n) is 5.78. The molecule has 1 N–H and O–H groups in total. The van der Waals surface area contributed by atoms with Crippen molar-refractivity contribution >= 4 is 17.2 Å². The highest BCUT2D eigenvalue weighted by molar-refractivity contribution is 6.30. The highest BCUT2D eigenvalue weighted by Gasteiger charge is 2.18. The number of allylic oxidation sites excluding steroid dienone is 1. The molecule has 0 aliphatic heterocycles. The molecule has 0 radical (unpaired) electrons. The van der Waals surface area contributed by atoms with Crippen LogP contribution in [0.25, 0.3) is 5.57 Å². The molecule has 86 valence electrons. The van der Waals surface area contributed by atoms with E-state index in [4.69, 9.17) is 11.6 Å². The highest BCUT2D eigenvalue weighted by atomic mass is 35.5. The molecule has 1 aromatic carbocycles. The molecule has 2 heteroatoms. The van der Waals surface area contributed by atoms with Gasteiger partial charge < -0.3 is 5.11 Å². The Bertz CT molecular complexity index is 392. The lowest BCUT2D eigenvalue weighted by atomic mass is 9.82. The number of halogens is 1. The smallest absolute Gasteiger partial charge is 0.0647 e. The molecule has 0 amide bonds. The van der Waals surface area contributed by atoms with Crippen molar-refractivity contribution in [3.63, 3.8) is 0 Å². The minimum Gasteiger partial charge on any atom is -0.392 e. The van der Waals surface area contributed by atoms with Crippen LogP contribution in [0.3, 0.4) is 0 Å². The van der Waals surface area contributed by atoms with Crippen LogP contribution in [-0.2, 0) is 0 Å². The molecule has 0 saturated heterocycles. The van der Waals surface area contributed by atoms with Gasteiger partial charge in [-0.25, -0.2) is 0 Å². The normalized spacial score (nSPS) is 21.3. The maximum atomic E-state index is 9.38. The number of aliphatic hydroxyl groups is 1. The van der Waals surface area contributed by atoms with Crippen molar-refractivity contribution in [2.24, 2.45) is 5.92 Å². The molecule has 1 aliphatic carbocycles. The Morgan fingerprint density at radius 2 is 2.00 bits per heavy atom. The third-order valence-corrected chi connectivity index (χ3v) is 3.55. The molecule has 1 atom stereocenters. The van der Waals surface area contributed by atoms with E-state index in [9.17, 15) is 5.11 Å². The zero-order valence-corrected chi connectivity index (χ0v) is 10.3. The monoisotopic (exact) mass is 236 g/mol. The van der Waals surface area contributed by atoms with E-state index in [2.05, 4.69) is 6.92 Å². The van der Waals surface area contributed by atoms with Gasteiger partial charge in [0, 0.05) is 5.02 Å². The molecule has 0 spiro atoms. The molecule has 1 aromatic rings. The van der Waals surface area contributed by atoms with Crippen molar-refractivity contribution in [3.8, 4) is 0 Å². The lowest BCUT2D eigenvalue weighted by molar-refractivity contribution is 0.320. The van der Waals surface area contributed by atoms with Crippen molar-refractivity contribution in [1.82, 2.24) is 0 Å². The van der Waals surface area contributed by atoms with Gasteiger partial charge in [0.25, 0.3) is 0 Å². The van der Waals surface area contributed by atoms with E-state index in [1.807, 2.05) is 24.3 Å². The lowest BCUT2D eigenvalue weighted by Gasteiger charge is -2.24. The number of benzene rings is 1. The van der Waals surface area contributed by atoms with Crippen LogP contribution in [0, 0.1) is 5.92 Å². The Balaban J connectivity index is 2.35. The topological polar surface area (TPSA) is 20.2 Å². The second-order valence-corrected chi connectivity index (χ2v) is 5.03. The van der Waals surface area contributed by atoms with Gasteiger partial charge in [0.15, 0.2) is 0 Å². The zero-order valence-electron chi connectivity index (χ0n) is 9.54. The van der Waals surface area contributed by atoms with E-state index < -0.39 is 0 Å². The van der Waals surface area contributed by atoms with Crippen molar-refractivity contribution in [3.05, 3.63) is 40.4 Å². The van der Waals surface area contributed by atoms with E-state index >= 15 is 0 Å². The van der Waals surface area contributed by atoms with Crippen molar-refractivity contribution in [1.29, 1.82) is 0 Å². The minimum atomic E-state index is 0.185. The summed E-state index contributed by atoms with van der Waals surface area (Å²) in [6.07, 6.45) is 3.28. The van der Waals surface area contributed by atoms with Crippen molar-refractivity contribution < 1.29 is 5.11 Å². The van der Waals surface area contributed by atoms with E-state index in [0.29, 0.717) is 5.92 Å². The lowest BCUT2D eigenvalue weighted by Crippen LogP contribution is -2.09. The SMILES string of the molecule is CC1CCC(CO)=C(c2ccc(Cl)cc2)C1. The molecule has 0 saturated carbocycles. The predicted octanol–water partition coefficient (Wildman–Crippen LogP) is 3.91. The summed E-state index contributed by atoms with van der Waals surface area (Å²) in [5.41, 5.74) is 3.72. The van der Waals surface area contributed by atoms with Crippen LogP contribution < -0.4 is 0 Å². The minimum absolute atomic E-state index is 0.185. The summed E-state index contributed by atoms with van der Waals surface area (Å²) >= 11 is 5.88. The molecule has 16 heavy (non-hydrogen) atoms. The van der Waals surface area contributed by atoms with E-state index in [1.165, 1.54) is 23.1 Å². The fraction of sp³-hybridized carbons (Fsp3) is 0.429. The van der Waals surface area contributed by atoms with Crippen LogP contribution in [0.5, 0.6) is 0 Å². The van der Waals surface area contributed by atoms with Gasteiger partial charge >= 0.3 is 0 Å². The molecular weight excluding hydrogens is 220 g/mol. The molecule has 0 heterocycles. The number of hydrogen-bond acceptors (Lipinski definition) is 1. The molecule has 0 fully saturated rings. The summed E-state index contributed by atoms with van der Waals surface area (Å²) in [5, 5.41) is 10.1.